The van der Waals surface area contributed by atoms with Crippen LogP contribution in [-0.2, 0) is 17.8 Å². The van der Waals surface area contributed by atoms with Gasteiger partial charge >= 0.3 is 0 Å². The predicted molar refractivity (Wildman–Crippen MR) is 132 cm³/mol. The molecule has 2 aliphatic rings. The van der Waals surface area contributed by atoms with Gasteiger partial charge in [-0.15, -0.1) is 0 Å². The van der Waals surface area contributed by atoms with Gasteiger partial charge in [0.2, 0.25) is 5.91 Å². The van der Waals surface area contributed by atoms with Gasteiger partial charge < -0.3 is 10.6 Å². The zero-order valence-corrected chi connectivity index (χ0v) is 19.0. The van der Waals surface area contributed by atoms with E-state index in [-0.39, 0.29) is 11.8 Å². The maximum absolute atomic E-state index is 13.2. The molecule has 3 aromatic rings. The molecule has 5 nitrogen and oxygen atoms in total. The minimum absolute atomic E-state index is 0.00423. The van der Waals surface area contributed by atoms with Crippen LogP contribution in [0.4, 0.5) is 11.4 Å². The summed E-state index contributed by atoms with van der Waals surface area (Å²) in [5, 5.41) is 5.91. The molecule has 0 radical (unpaired) electrons. The highest BCUT2D eigenvalue weighted by atomic mass is 16.2. The van der Waals surface area contributed by atoms with Gasteiger partial charge in [-0.1, -0.05) is 42.8 Å². The van der Waals surface area contributed by atoms with Crippen molar-refractivity contribution in [1.29, 1.82) is 0 Å². The summed E-state index contributed by atoms with van der Waals surface area (Å²) in [5.41, 5.74) is 7.66. The number of hydrogen-bond donors (Lipinski definition) is 2. The van der Waals surface area contributed by atoms with Gasteiger partial charge in [0, 0.05) is 23.5 Å². The average molecular weight is 440 g/mol. The first-order valence-corrected chi connectivity index (χ1v) is 11.7. The summed E-state index contributed by atoms with van der Waals surface area (Å²) in [6.45, 7) is 5.02. The highest BCUT2D eigenvalue weighted by Gasteiger charge is 2.21. The van der Waals surface area contributed by atoms with E-state index in [0.29, 0.717) is 17.7 Å². The van der Waals surface area contributed by atoms with E-state index in [2.05, 4.69) is 45.9 Å². The second kappa shape index (κ2) is 9.20. The lowest BCUT2D eigenvalue weighted by Gasteiger charge is -2.27. The quantitative estimate of drug-likeness (QED) is 0.560. The van der Waals surface area contributed by atoms with Crippen molar-refractivity contribution >= 4 is 23.2 Å². The number of carbonyl (C=O) groups excluding carboxylic acids is 2. The van der Waals surface area contributed by atoms with Crippen molar-refractivity contribution in [2.24, 2.45) is 0 Å². The van der Waals surface area contributed by atoms with Crippen LogP contribution >= 0.6 is 0 Å². The largest absolute Gasteiger partial charge is 0.325 e. The van der Waals surface area contributed by atoms with Gasteiger partial charge in [-0.05, 0) is 84.9 Å². The number of nitrogens with zero attached hydrogens (tertiary/aromatic N) is 1. The molecule has 33 heavy (non-hydrogen) atoms. The fourth-order valence-electron chi connectivity index (χ4n) is 4.92. The Morgan fingerprint density at radius 3 is 2.58 bits per heavy atom. The smallest absolute Gasteiger partial charge is 0.255 e. The van der Waals surface area contributed by atoms with Crippen molar-refractivity contribution in [1.82, 2.24) is 4.90 Å². The second-order valence-corrected chi connectivity index (χ2v) is 9.07. The lowest BCUT2D eigenvalue weighted by Crippen LogP contribution is -2.29. The fraction of sp³-hybridized carbons (Fsp3) is 0.286. The lowest BCUT2D eigenvalue weighted by molar-refractivity contribution is -0.115. The zero-order chi connectivity index (χ0) is 22.8. The van der Waals surface area contributed by atoms with Crippen LogP contribution in [0, 0.1) is 6.92 Å². The monoisotopic (exact) mass is 439 g/mol. The number of anilines is 2. The summed E-state index contributed by atoms with van der Waals surface area (Å²) in [5.74, 6) is -0.145. The number of hydrogen-bond acceptors (Lipinski definition) is 3. The molecule has 5 rings (SSSR count). The molecule has 0 bridgehead atoms. The Bertz CT molecular complexity index is 1200. The van der Waals surface area contributed by atoms with Gasteiger partial charge in [0.25, 0.3) is 5.91 Å². The summed E-state index contributed by atoms with van der Waals surface area (Å²) in [4.78, 5) is 27.4. The maximum atomic E-state index is 13.2. The number of rotatable bonds is 5. The predicted octanol–water partition coefficient (Wildman–Crippen LogP) is 5.39. The molecule has 2 aliphatic heterocycles. The van der Waals surface area contributed by atoms with Crippen LogP contribution in [0.15, 0.2) is 60.7 Å². The van der Waals surface area contributed by atoms with E-state index >= 15 is 0 Å². The van der Waals surface area contributed by atoms with Gasteiger partial charge in [0.05, 0.1) is 6.42 Å². The summed E-state index contributed by atoms with van der Waals surface area (Å²) in [6, 6.07) is 20.2. The molecule has 0 unspecified atom stereocenters. The Balaban J connectivity index is 1.42. The molecule has 0 spiro atoms. The highest BCUT2D eigenvalue weighted by Crippen LogP contribution is 2.31. The zero-order valence-electron chi connectivity index (χ0n) is 19.0. The van der Waals surface area contributed by atoms with Crippen molar-refractivity contribution in [2.45, 2.75) is 39.2 Å². The Kier molecular flexibility index (Phi) is 5.97. The van der Waals surface area contributed by atoms with Gasteiger partial charge in [0.15, 0.2) is 0 Å². The number of amides is 2. The topological polar surface area (TPSA) is 61.4 Å². The molecular formula is C28H29N3O2. The number of likely N-dealkylation sites (tertiary alicyclic amines) is 1. The van der Waals surface area contributed by atoms with Gasteiger partial charge in [-0.25, -0.2) is 0 Å². The van der Waals surface area contributed by atoms with E-state index in [0.717, 1.165) is 36.4 Å². The number of carbonyl (C=O) groups is 2. The van der Waals surface area contributed by atoms with Crippen LogP contribution in [0.1, 0.15) is 46.3 Å². The van der Waals surface area contributed by atoms with Crippen LogP contribution in [0.2, 0.25) is 0 Å². The number of fused-ring (bicyclic) bond motifs is 1. The van der Waals surface area contributed by atoms with Crippen LogP contribution in [0.25, 0.3) is 11.1 Å². The first-order chi connectivity index (χ1) is 16.1. The first kappa shape index (κ1) is 21.4. The Morgan fingerprint density at radius 1 is 1.00 bits per heavy atom. The Hall–Kier alpha value is -3.44. The van der Waals surface area contributed by atoms with E-state index in [1.54, 1.807) is 0 Å². The number of benzene rings is 3. The Labute approximate surface area is 194 Å². The number of nitrogens with one attached hydrogen (secondary N) is 2. The number of aryl methyl sites for hydroxylation is 1. The summed E-state index contributed by atoms with van der Waals surface area (Å²) < 4.78 is 0. The SMILES string of the molecule is Cc1cc(NC(=O)c2ccc(-c3ccccc3)c(CN3CCCCC3)c2)cc2c1CC(=O)N2. The fourth-order valence-corrected chi connectivity index (χ4v) is 4.92. The molecule has 2 heterocycles. The van der Waals surface area contributed by atoms with E-state index < -0.39 is 0 Å². The van der Waals surface area contributed by atoms with Crippen LogP contribution < -0.4 is 10.6 Å². The van der Waals surface area contributed by atoms with E-state index in [4.69, 9.17) is 0 Å². The molecule has 0 aliphatic carbocycles. The molecule has 0 saturated carbocycles. The van der Waals surface area contributed by atoms with E-state index in [9.17, 15) is 9.59 Å². The standard InChI is InChI=1S/C28H29N3O2/c1-19-14-23(16-26-25(19)17-27(32)30-26)29-28(33)21-10-11-24(20-8-4-2-5-9-20)22(15-21)18-31-12-6-3-7-13-31/h2,4-5,8-11,14-16H,3,6-7,12-13,17-18H2,1H3,(H,29,33)(H,30,32). The molecule has 3 aromatic carbocycles. The van der Waals surface area contributed by atoms with Crippen molar-refractivity contribution in [3.8, 4) is 11.1 Å². The molecular weight excluding hydrogens is 410 g/mol. The highest BCUT2D eigenvalue weighted by molar-refractivity contribution is 6.06. The molecule has 2 N–H and O–H groups in total. The summed E-state index contributed by atoms with van der Waals surface area (Å²) in [6.07, 6.45) is 4.16. The Morgan fingerprint density at radius 2 is 1.79 bits per heavy atom. The second-order valence-electron chi connectivity index (χ2n) is 9.07. The molecule has 5 heteroatoms. The molecule has 168 valence electrons. The van der Waals surface area contributed by atoms with Crippen LogP contribution in [-0.4, -0.2) is 29.8 Å². The van der Waals surface area contributed by atoms with Gasteiger partial charge in [-0.2, -0.15) is 0 Å². The van der Waals surface area contributed by atoms with Crippen LogP contribution in [0.5, 0.6) is 0 Å². The summed E-state index contributed by atoms with van der Waals surface area (Å²) >= 11 is 0. The third kappa shape index (κ3) is 4.69. The van der Waals surface area contributed by atoms with E-state index in [1.165, 1.54) is 36.0 Å². The van der Waals surface area contributed by atoms with E-state index in [1.807, 2.05) is 37.3 Å². The molecule has 0 aromatic heterocycles. The normalized spacial score (nSPS) is 15.7. The average Bonchev–Trinajstić information content (AvgIpc) is 3.21. The third-order valence-electron chi connectivity index (χ3n) is 6.64. The van der Waals surface area contributed by atoms with Crippen LogP contribution in [0.3, 0.4) is 0 Å². The molecule has 1 saturated heterocycles. The first-order valence-electron chi connectivity index (χ1n) is 11.7. The minimum atomic E-state index is -0.141. The molecule has 1 fully saturated rings. The lowest BCUT2D eigenvalue weighted by atomic mass is 9.96. The summed E-state index contributed by atoms with van der Waals surface area (Å²) in [7, 11) is 0. The third-order valence-corrected chi connectivity index (χ3v) is 6.64. The maximum Gasteiger partial charge on any atom is 0.255 e. The van der Waals surface area contributed by atoms with Crippen molar-refractivity contribution in [2.75, 3.05) is 23.7 Å². The number of piperidine rings is 1. The van der Waals surface area contributed by atoms with Crippen molar-refractivity contribution < 1.29 is 9.59 Å². The molecule has 0 atom stereocenters. The minimum Gasteiger partial charge on any atom is -0.325 e. The van der Waals surface area contributed by atoms with Crippen molar-refractivity contribution in [3.05, 3.63) is 82.9 Å². The molecule has 2 amide bonds. The van der Waals surface area contributed by atoms with Gasteiger partial charge in [0.1, 0.15) is 0 Å². The van der Waals surface area contributed by atoms with Crippen molar-refractivity contribution in [3.63, 3.8) is 0 Å². The van der Waals surface area contributed by atoms with Gasteiger partial charge in [-0.3, -0.25) is 14.5 Å².